The number of carbonyl (C=O) groups is 1. The molecule has 0 aliphatic carbocycles. The van der Waals surface area contributed by atoms with Crippen LogP contribution in [0.4, 0.5) is 5.69 Å². The molecule has 0 aromatic heterocycles. The van der Waals surface area contributed by atoms with E-state index in [1.165, 1.54) is 5.56 Å². The fraction of sp³-hybridized carbons (Fsp3) is 0.417. The molecule has 0 spiro atoms. The average Bonchev–Trinajstić information content (AvgIpc) is 2.38. The standard InChI is InChI=1S/C12H16N2O/c1-3-14-8-10-6-4-5-7-11(10)13(2)12(15)9-14/h4-7H,3,8-9H2,1-2H3. The Balaban J connectivity index is 2.41. The maximum absolute atomic E-state index is 11.8. The first-order valence-electron chi connectivity index (χ1n) is 5.29. The molecule has 1 aliphatic heterocycles. The lowest BCUT2D eigenvalue weighted by Gasteiger charge is -2.17. The molecule has 80 valence electrons. The molecule has 1 aromatic carbocycles. The number of amides is 1. The number of nitrogens with zero attached hydrogens (tertiary/aromatic N) is 2. The smallest absolute Gasteiger partial charge is 0.240 e. The first-order valence-corrected chi connectivity index (χ1v) is 5.29. The normalized spacial score (nSPS) is 17.5. The van der Waals surface area contributed by atoms with E-state index in [0.29, 0.717) is 6.54 Å². The van der Waals surface area contributed by atoms with E-state index in [0.717, 1.165) is 18.8 Å². The molecule has 1 aliphatic rings. The number of rotatable bonds is 1. The number of anilines is 1. The zero-order valence-corrected chi connectivity index (χ0v) is 9.23. The van der Waals surface area contributed by atoms with Gasteiger partial charge < -0.3 is 4.90 Å². The van der Waals surface area contributed by atoms with Gasteiger partial charge in [-0.25, -0.2) is 0 Å². The Morgan fingerprint density at radius 1 is 1.27 bits per heavy atom. The Labute approximate surface area is 90.3 Å². The van der Waals surface area contributed by atoms with E-state index < -0.39 is 0 Å². The third kappa shape index (κ3) is 1.88. The molecule has 1 heterocycles. The van der Waals surface area contributed by atoms with Crippen LogP contribution in [0.1, 0.15) is 12.5 Å². The van der Waals surface area contributed by atoms with Crippen molar-refractivity contribution in [3.63, 3.8) is 0 Å². The van der Waals surface area contributed by atoms with Crippen LogP contribution in [-0.4, -0.2) is 30.9 Å². The first-order chi connectivity index (χ1) is 7.22. The number of para-hydroxylation sites is 1. The lowest BCUT2D eigenvalue weighted by atomic mass is 10.1. The maximum Gasteiger partial charge on any atom is 0.240 e. The minimum Gasteiger partial charge on any atom is -0.314 e. The highest BCUT2D eigenvalue weighted by Crippen LogP contribution is 2.23. The summed E-state index contributed by atoms with van der Waals surface area (Å²) in [5.74, 6) is 0.168. The first kappa shape index (κ1) is 10.2. The second-order valence-corrected chi connectivity index (χ2v) is 3.88. The molecular weight excluding hydrogens is 188 g/mol. The van der Waals surface area contributed by atoms with E-state index in [2.05, 4.69) is 17.9 Å². The summed E-state index contributed by atoms with van der Waals surface area (Å²) in [5, 5.41) is 0. The van der Waals surface area contributed by atoms with Gasteiger partial charge in [-0.1, -0.05) is 25.1 Å². The van der Waals surface area contributed by atoms with Gasteiger partial charge in [-0.15, -0.1) is 0 Å². The minimum absolute atomic E-state index is 0.168. The highest BCUT2D eigenvalue weighted by molar-refractivity contribution is 5.95. The van der Waals surface area contributed by atoms with Crippen molar-refractivity contribution in [3.05, 3.63) is 29.8 Å². The van der Waals surface area contributed by atoms with Crippen LogP contribution in [0, 0.1) is 0 Å². The van der Waals surface area contributed by atoms with Crippen LogP contribution in [0.3, 0.4) is 0 Å². The largest absolute Gasteiger partial charge is 0.314 e. The number of carbonyl (C=O) groups excluding carboxylic acids is 1. The summed E-state index contributed by atoms with van der Waals surface area (Å²) in [6.45, 7) is 4.37. The van der Waals surface area contributed by atoms with Gasteiger partial charge in [-0.05, 0) is 18.2 Å². The number of hydrogen-bond donors (Lipinski definition) is 0. The van der Waals surface area contributed by atoms with Gasteiger partial charge in [-0.3, -0.25) is 9.69 Å². The van der Waals surface area contributed by atoms with Crippen molar-refractivity contribution in [2.24, 2.45) is 0 Å². The SMILES string of the molecule is CCN1CC(=O)N(C)c2ccccc2C1. The molecule has 0 saturated carbocycles. The van der Waals surface area contributed by atoms with Crippen molar-refractivity contribution >= 4 is 11.6 Å². The quantitative estimate of drug-likeness (QED) is 0.692. The Morgan fingerprint density at radius 3 is 2.73 bits per heavy atom. The van der Waals surface area contributed by atoms with E-state index >= 15 is 0 Å². The Kier molecular flexibility index (Phi) is 2.73. The van der Waals surface area contributed by atoms with Crippen molar-refractivity contribution < 1.29 is 4.79 Å². The summed E-state index contributed by atoms with van der Waals surface area (Å²) in [5.41, 5.74) is 2.27. The zero-order chi connectivity index (χ0) is 10.8. The molecule has 0 N–H and O–H groups in total. The molecule has 0 saturated heterocycles. The lowest BCUT2D eigenvalue weighted by molar-refractivity contribution is -0.119. The third-order valence-electron chi connectivity index (χ3n) is 2.93. The molecule has 3 nitrogen and oxygen atoms in total. The van der Waals surface area contributed by atoms with Crippen LogP contribution >= 0.6 is 0 Å². The summed E-state index contributed by atoms with van der Waals surface area (Å²) >= 11 is 0. The summed E-state index contributed by atoms with van der Waals surface area (Å²) in [6.07, 6.45) is 0. The Bertz CT molecular complexity index is 376. The molecule has 3 heteroatoms. The van der Waals surface area contributed by atoms with Crippen molar-refractivity contribution in [1.82, 2.24) is 4.90 Å². The Morgan fingerprint density at radius 2 is 2.00 bits per heavy atom. The predicted molar refractivity (Wildman–Crippen MR) is 60.8 cm³/mol. The topological polar surface area (TPSA) is 23.6 Å². The van der Waals surface area contributed by atoms with Gasteiger partial charge in [0.25, 0.3) is 0 Å². The van der Waals surface area contributed by atoms with Gasteiger partial charge in [0.1, 0.15) is 0 Å². The molecule has 1 amide bonds. The summed E-state index contributed by atoms with van der Waals surface area (Å²) in [7, 11) is 1.85. The van der Waals surface area contributed by atoms with Crippen LogP contribution in [0.25, 0.3) is 0 Å². The maximum atomic E-state index is 11.8. The number of fused-ring (bicyclic) bond motifs is 1. The number of likely N-dealkylation sites (N-methyl/N-ethyl adjacent to an activating group) is 2. The van der Waals surface area contributed by atoms with Gasteiger partial charge in [0, 0.05) is 19.3 Å². The van der Waals surface area contributed by atoms with Crippen molar-refractivity contribution in [2.45, 2.75) is 13.5 Å². The second-order valence-electron chi connectivity index (χ2n) is 3.88. The summed E-state index contributed by atoms with van der Waals surface area (Å²) in [4.78, 5) is 15.7. The van der Waals surface area contributed by atoms with Crippen LogP contribution < -0.4 is 4.90 Å². The summed E-state index contributed by atoms with van der Waals surface area (Å²) in [6, 6.07) is 8.10. The van der Waals surface area contributed by atoms with Gasteiger partial charge in [0.15, 0.2) is 0 Å². The van der Waals surface area contributed by atoms with E-state index in [4.69, 9.17) is 0 Å². The van der Waals surface area contributed by atoms with Crippen molar-refractivity contribution in [1.29, 1.82) is 0 Å². The fourth-order valence-corrected chi connectivity index (χ4v) is 1.92. The zero-order valence-electron chi connectivity index (χ0n) is 9.23. The van der Waals surface area contributed by atoms with E-state index in [9.17, 15) is 4.79 Å². The van der Waals surface area contributed by atoms with E-state index in [1.54, 1.807) is 4.90 Å². The molecule has 2 rings (SSSR count). The summed E-state index contributed by atoms with van der Waals surface area (Å²) < 4.78 is 0. The molecule has 0 unspecified atom stereocenters. The molecular formula is C12H16N2O. The van der Waals surface area contributed by atoms with Gasteiger partial charge in [0.2, 0.25) is 5.91 Å². The minimum atomic E-state index is 0.168. The van der Waals surface area contributed by atoms with Gasteiger partial charge in [0.05, 0.1) is 6.54 Å². The average molecular weight is 204 g/mol. The van der Waals surface area contributed by atoms with E-state index in [1.807, 2.05) is 25.2 Å². The Hall–Kier alpha value is -1.35. The number of benzene rings is 1. The highest BCUT2D eigenvalue weighted by Gasteiger charge is 2.21. The second kappa shape index (κ2) is 4.03. The van der Waals surface area contributed by atoms with Crippen LogP contribution in [0.5, 0.6) is 0 Å². The van der Waals surface area contributed by atoms with Crippen molar-refractivity contribution in [3.8, 4) is 0 Å². The fourth-order valence-electron chi connectivity index (χ4n) is 1.92. The molecule has 15 heavy (non-hydrogen) atoms. The third-order valence-corrected chi connectivity index (χ3v) is 2.93. The lowest BCUT2D eigenvalue weighted by Crippen LogP contribution is -2.34. The highest BCUT2D eigenvalue weighted by atomic mass is 16.2. The van der Waals surface area contributed by atoms with E-state index in [-0.39, 0.29) is 5.91 Å². The van der Waals surface area contributed by atoms with Gasteiger partial charge in [-0.2, -0.15) is 0 Å². The predicted octanol–water partition coefficient (Wildman–Crippen LogP) is 1.48. The molecule has 0 fully saturated rings. The van der Waals surface area contributed by atoms with Gasteiger partial charge >= 0.3 is 0 Å². The van der Waals surface area contributed by atoms with Crippen LogP contribution in [0.15, 0.2) is 24.3 Å². The number of hydrogen-bond acceptors (Lipinski definition) is 2. The molecule has 0 atom stereocenters. The van der Waals surface area contributed by atoms with Crippen LogP contribution in [0.2, 0.25) is 0 Å². The molecule has 0 radical (unpaired) electrons. The van der Waals surface area contributed by atoms with Crippen LogP contribution in [-0.2, 0) is 11.3 Å². The van der Waals surface area contributed by atoms with Crippen molar-refractivity contribution in [2.75, 3.05) is 25.0 Å². The monoisotopic (exact) mass is 204 g/mol. The molecule has 0 bridgehead atoms. The molecule has 1 aromatic rings.